The van der Waals surface area contributed by atoms with Crippen LogP contribution in [0.4, 0.5) is 19.0 Å². The van der Waals surface area contributed by atoms with Gasteiger partial charge in [0.2, 0.25) is 0 Å². The number of benzene rings is 1. The second kappa shape index (κ2) is 11.2. The van der Waals surface area contributed by atoms with Crippen LogP contribution in [-0.2, 0) is 17.5 Å². The number of hydrogen-bond acceptors (Lipinski definition) is 7. The molecule has 1 aliphatic heterocycles. The molecule has 7 nitrogen and oxygen atoms in total. The van der Waals surface area contributed by atoms with Crippen molar-refractivity contribution in [1.29, 1.82) is 0 Å². The van der Waals surface area contributed by atoms with Gasteiger partial charge in [-0.1, -0.05) is 17.7 Å². The predicted octanol–water partition coefficient (Wildman–Crippen LogP) is 3.47. The highest BCUT2D eigenvalue weighted by molar-refractivity contribution is 6.33. The molecule has 2 aromatic rings. The van der Waals surface area contributed by atoms with E-state index in [0.717, 1.165) is 17.8 Å². The van der Waals surface area contributed by atoms with Gasteiger partial charge < -0.3 is 24.2 Å². The smallest absolute Gasteiger partial charge is 0.417 e. The number of hydrogen-bond donors (Lipinski definition) is 1. The standard InChI is InChI=1S/C22H27ClF3N3O4/c1-31-19-4-3-15(9-20(19)32-2)13-33-14-17(30)12-28-5-7-29(8-6-28)21-18(23)10-16(11-27-21)22(24,25)26/h3-4,9-11,17,30H,5-8,12-14H2,1-2H3. The first kappa shape index (κ1) is 25.4. The van der Waals surface area contributed by atoms with E-state index in [9.17, 15) is 18.3 Å². The summed E-state index contributed by atoms with van der Waals surface area (Å²) in [6, 6.07) is 6.39. The summed E-state index contributed by atoms with van der Waals surface area (Å²) in [5.41, 5.74) is 0.0282. The lowest BCUT2D eigenvalue weighted by Crippen LogP contribution is -2.49. The molecule has 3 rings (SSSR count). The zero-order chi connectivity index (χ0) is 24.0. The maximum Gasteiger partial charge on any atom is 0.417 e. The van der Waals surface area contributed by atoms with Crippen LogP contribution < -0.4 is 14.4 Å². The van der Waals surface area contributed by atoms with E-state index in [0.29, 0.717) is 56.6 Å². The fourth-order valence-electron chi connectivity index (χ4n) is 3.59. The molecule has 0 spiro atoms. The maximum atomic E-state index is 12.8. The molecule has 11 heteroatoms. The molecular weight excluding hydrogens is 463 g/mol. The van der Waals surface area contributed by atoms with E-state index in [4.69, 9.17) is 25.8 Å². The van der Waals surface area contributed by atoms with Crippen molar-refractivity contribution in [3.8, 4) is 11.5 Å². The van der Waals surface area contributed by atoms with Gasteiger partial charge in [0.1, 0.15) is 5.82 Å². The summed E-state index contributed by atoms with van der Waals surface area (Å²) in [7, 11) is 3.13. The van der Waals surface area contributed by atoms with Crippen molar-refractivity contribution >= 4 is 17.4 Å². The molecule has 0 aliphatic carbocycles. The Kier molecular flexibility index (Phi) is 8.63. The van der Waals surface area contributed by atoms with Crippen molar-refractivity contribution < 1.29 is 32.5 Å². The third kappa shape index (κ3) is 6.86. The molecule has 1 fully saturated rings. The predicted molar refractivity (Wildman–Crippen MR) is 118 cm³/mol. The van der Waals surface area contributed by atoms with Gasteiger partial charge in [-0.2, -0.15) is 13.2 Å². The van der Waals surface area contributed by atoms with Gasteiger partial charge in [-0.25, -0.2) is 4.98 Å². The topological polar surface area (TPSA) is 67.3 Å². The molecule has 1 aromatic carbocycles. The fraction of sp³-hybridized carbons (Fsp3) is 0.500. The first-order valence-corrected chi connectivity index (χ1v) is 10.8. The fourth-order valence-corrected chi connectivity index (χ4v) is 3.88. The number of pyridine rings is 1. The van der Waals surface area contributed by atoms with E-state index in [1.54, 1.807) is 20.3 Å². The first-order valence-electron chi connectivity index (χ1n) is 10.4. The van der Waals surface area contributed by atoms with Gasteiger partial charge in [-0.05, 0) is 23.8 Å². The number of aromatic nitrogens is 1. The van der Waals surface area contributed by atoms with Crippen molar-refractivity contribution in [2.75, 3.05) is 58.5 Å². The van der Waals surface area contributed by atoms with Gasteiger partial charge in [0.15, 0.2) is 11.5 Å². The first-order chi connectivity index (χ1) is 15.7. The molecule has 1 aliphatic rings. The average Bonchev–Trinajstić information content (AvgIpc) is 2.79. The Bertz CT molecular complexity index is 924. The largest absolute Gasteiger partial charge is 0.493 e. The lowest BCUT2D eigenvalue weighted by Gasteiger charge is -2.36. The Labute approximate surface area is 195 Å². The van der Waals surface area contributed by atoms with Crippen LogP contribution in [0.5, 0.6) is 11.5 Å². The van der Waals surface area contributed by atoms with Gasteiger partial charge in [0.05, 0.1) is 44.1 Å². The van der Waals surface area contributed by atoms with Crippen LogP contribution in [0, 0.1) is 0 Å². The molecule has 1 saturated heterocycles. The van der Waals surface area contributed by atoms with Crippen LogP contribution in [0.15, 0.2) is 30.5 Å². The number of nitrogens with zero attached hydrogens (tertiary/aromatic N) is 3. The van der Waals surface area contributed by atoms with Crippen LogP contribution in [0.2, 0.25) is 5.02 Å². The zero-order valence-corrected chi connectivity index (χ0v) is 19.2. The number of piperazine rings is 1. The van der Waals surface area contributed by atoms with E-state index in [2.05, 4.69) is 9.88 Å². The number of alkyl halides is 3. The minimum Gasteiger partial charge on any atom is -0.493 e. The highest BCUT2D eigenvalue weighted by Crippen LogP contribution is 2.33. The second-order valence-electron chi connectivity index (χ2n) is 7.67. The number of halogens is 4. The van der Waals surface area contributed by atoms with Crippen LogP contribution in [0.3, 0.4) is 0 Å². The molecule has 0 bridgehead atoms. The van der Waals surface area contributed by atoms with Crippen molar-refractivity contribution in [2.24, 2.45) is 0 Å². The summed E-state index contributed by atoms with van der Waals surface area (Å²) < 4.78 is 54.5. The maximum absolute atomic E-state index is 12.8. The summed E-state index contributed by atoms with van der Waals surface area (Å²) >= 11 is 6.04. The SMILES string of the molecule is COc1ccc(COCC(O)CN2CCN(c3ncc(C(F)(F)F)cc3Cl)CC2)cc1OC. The zero-order valence-electron chi connectivity index (χ0n) is 18.4. The van der Waals surface area contributed by atoms with Crippen molar-refractivity contribution in [3.63, 3.8) is 0 Å². The molecule has 182 valence electrons. The normalized spacial score (nSPS) is 16.0. The van der Waals surface area contributed by atoms with E-state index in [1.165, 1.54) is 0 Å². The third-order valence-electron chi connectivity index (χ3n) is 5.32. The van der Waals surface area contributed by atoms with Gasteiger partial charge in [-0.3, -0.25) is 4.90 Å². The van der Waals surface area contributed by atoms with Crippen LogP contribution in [0.1, 0.15) is 11.1 Å². The third-order valence-corrected chi connectivity index (χ3v) is 5.59. The Balaban J connectivity index is 1.43. The van der Waals surface area contributed by atoms with E-state index >= 15 is 0 Å². The Morgan fingerprint density at radius 1 is 1.09 bits per heavy atom. The highest BCUT2D eigenvalue weighted by Gasteiger charge is 2.32. The van der Waals surface area contributed by atoms with Crippen molar-refractivity contribution in [2.45, 2.75) is 18.9 Å². The van der Waals surface area contributed by atoms with E-state index in [1.807, 2.05) is 17.0 Å². The average molecular weight is 490 g/mol. The highest BCUT2D eigenvalue weighted by atomic mass is 35.5. The molecule has 1 aromatic heterocycles. The molecule has 1 N–H and O–H groups in total. The number of methoxy groups -OCH3 is 2. The van der Waals surface area contributed by atoms with Gasteiger partial charge >= 0.3 is 6.18 Å². The van der Waals surface area contributed by atoms with Gasteiger partial charge in [0.25, 0.3) is 0 Å². The number of ether oxygens (including phenoxy) is 3. The summed E-state index contributed by atoms with van der Waals surface area (Å²) in [5, 5.41) is 10.3. The summed E-state index contributed by atoms with van der Waals surface area (Å²) in [5.74, 6) is 1.58. The van der Waals surface area contributed by atoms with Crippen molar-refractivity contribution in [3.05, 3.63) is 46.6 Å². The monoisotopic (exact) mass is 489 g/mol. The van der Waals surface area contributed by atoms with Crippen LogP contribution >= 0.6 is 11.6 Å². The number of anilines is 1. The molecule has 0 radical (unpaired) electrons. The Morgan fingerprint density at radius 3 is 2.39 bits per heavy atom. The Hall–Kier alpha value is -2.27. The molecule has 2 heterocycles. The number of aliphatic hydroxyl groups is 1. The quantitative estimate of drug-likeness (QED) is 0.578. The van der Waals surface area contributed by atoms with Gasteiger partial charge in [-0.15, -0.1) is 0 Å². The number of rotatable bonds is 9. The minimum absolute atomic E-state index is 0.0260. The lowest BCUT2D eigenvalue weighted by molar-refractivity contribution is -0.137. The van der Waals surface area contributed by atoms with Crippen molar-refractivity contribution in [1.82, 2.24) is 9.88 Å². The van der Waals surface area contributed by atoms with Crippen LogP contribution in [-0.4, -0.2) is 74.6 Å². The van der Waals surface area contributed by atoms with E-state index in [-0.39, 0.29) is 11.6 Å². The van der Waals surface area contributed by atoms with Gasteiger partial charge in [0, 0.05) is 38.9 Å². The van der Waals surface area contributed by atoms with E-state index < -0.39 is 17.8 Å². The Morgan fingerprint density at radius 2 is 1.79 bits per heavy atom. The molecule has 0 amide bonds. The summed E-state index contributed by atoms with van der Waals surface area (Å²) in [6.45, 7) is 3.23. The number of β-amino-alcohol motifs (C(OH)–C–C–N with tert-alkyl or cyclic N) is 1. The molecular formula is C22H27ClF3N3O4. The minimum atomic E-state index is -4.48. The number of aliphatic hydroxyl groups excluding tert-OH is 1. The molecule has 0 saturated carbocycles. The molecule has 1 atom stereocenters. The summed E-state index contributed by atoms with van der Waals surface area (Å²) in [6.07, 6.45) is -4.36. The molecule has 33 heavy (non-hydrogen) atoms. The summed E-state index contributed by atoms with van der Waals surface area (Å²) in [4.78, 5) is 7.83. The van der Waals surface area contributed by atoms with Crippen LogP contribution in [0.25, 0.3) is 0 Å². The lowest BCUT2D eigenvalue weighted by atomic mass is 10.2. The molecule has 1 unspecified atom stereocenters. The second-order valence-corrected chi connectivity index (χ2v) is 8.08.